The lowest BCUT2D eigenvalue weighted by molar-refractivity contribution is -0.118. The SMILES string of the molecule is N#Cc1ccc(CS(=O)(=O)CC(=O)NCc2ccc(OCC3CC3)nc2)cc1. The lowest BCUT2D eigenvalue weighted by Crippen LogP contribution is -2.30. The molecule has 28 heavy (non-hydrogen) atoms. The minimum Gasteiger partial charge on any atom is -0.477 e. The molecule has 1 saturated carbocycles. The van der Waals surface area contributed by atoms with E-state index in [0.29, 0.717) is 29.5 Å². The zero-order valence-corrected chi connectivity index (χ0v) is 16.1. The van der Waals surface area contributed by atoms with Gasteiger partial charge in [0.05, 0.1) is 24.0 Å². The summed E-state index contributed by atoms with van der Waals surface area (Å²) < 4.78 is 29.9. The molecule has 146 valence electrons. The van der Waals surface area contributed by atoms with Gasteiger partial charge in [-0.1, -0.05) is 18.2 Å². The van der Waals surface area contributed by atoms with Gasteiger partial charge in [0.2, 0.25) is 11.8 Å². The first kappa shape index (κ1) is 19.8. The average Bonchev–Trinajstić information content (AvgIpc) is 3.50. The maximum atomic E-state index is 12.2. The van der Waals surface area contributed by atoms with Crippen LogP contribution in [-0.2, 0) is 26.9 Å². The molecule has 0 saturated heterocycles. The van der Waals surface area contributed by atoms with Crippen molar-refractivity contribution >= 4 is 15.7 Å². The molecule has 1 aliphatic carbocycles. The Morgan fingerprint density at radius 3 is 2.50 bits per heavy atom. The number of nitrogens with zero attached hydrogens (tertiary/aromatic N) is 2. The van der Waals surface area contributed by atoms with E-state index in [0.717, 1.165) is 5.56 Å². The van der Waals surface area contributed by atoms with E-state index >= 15 is 0 Å². The number of carbonyl (C=O) groups excluding carboxylic acids is 1. The fourth-order valence-corrected chi connectivity index (χ4v) is 3.82. The Hall–Kier alpha value is -2.92. The van der Waals surface area contributed by atoms with Gasteiger partial charge in [0, 0.05) is 18.8 Å². The first-order chi connectivity index (χ1) is 13.4. The van der Waals surface area contributed by atoms with Gasteiger partial charge in [-0.2, -0.15) is 5.26 Å². The molecule has 1 aliphatic rings. The molecule has 8 heteroatoms. The summed E-state index contributed by atoms with van der Waals surface area (Å²) in [5, 5.41) is 11.4. The normalized spacial score (nSPS) is 13.5. The van der Waals surface area contributed by atoms with Crippen molar-refractivity contribution in [1.82, 2.24) is 10.3 Å². The van der Waals surface area contributed by atoms with Gasteiger partial charge in [0.1, 0.15) is 5.75 Å². The van der Waals surface area contributed by atoms with Gasteiger partial charge >= 0.3 is 0 Å². The summed E-state index contributed by atoms with van der Waals surface area (Å²) in [6.07, 6.45) is 4.02. The van der Waals surface area contributed by atoms with Crippen molar-refractivity contribution in [2.75, 3.05) is 12.4 Å². The molecule has 0 aliphatic heterocycles. The number of benzene rings is 1. The number of pyridine rings is 1. The maximum absolute atomic E-state index is 12.2. The highest BCUT2D eigenvalue weighted by molar-refractivity contribution is 7.91. The van der Waals surface area contributed by atoms with E-state index < -0.39 is 21.5 Å². The van der Waals surface area contributed by atoms with Crippen LogP contribution in [0.5, 0.6) is 5.88 Å². The topological polar surface area (TPSA) is 109 Å². The van der Waals surface area contributed by atoms with Crippen LogP contribution < -0.4 is 10.1 Å². The zero-order chi connectivity index (χ0) is 20.0. The number of carbonyl (C=O) groups is 1. The van der Waals surface area contributed by atoms with Crippen LogP contribution >= 0.6 is 0 Å². The molecule has 0 radical (unpaired) electrons. The van der Waals surface area contributed by atoms with E-state index in [1.807, 2.05) is 6.07 Å². The molecule has 1 N–H and O–H groups in total. The van der Waals surface area contributed by atoms with Crippen LogP contribution in [-0.4, -0.2) is 31.7 Å². The first-order valence-corrected chi connectivity index (χ1v) is 10.8. The highest BCUT2D eigenvalue weighted by atomic mass is 32.2. The lowest BCUT2D eigenvalue weighted by Gasteiger charge is -2.08. The van der Waals surface area contributed by atoms with Gasteiger partial charge in [-0.05, 0) is 42.0 Å². The Morgan fingerprint density at radius 1 is 1.18 bits per heavy atom. The number of nitriles is 1. The molecule has 3 rings (SSSR count). The highest BCUT2D eigenvalue weighted by Crippen LogP contribution is 2.29. The lowest BCUT2D eigenvalue weighted by atomic mass is 10.2. The molecular formula is C20H21N3O4S. The van der Waals surface area contributed by atoms with Crippen molar-refractivity contribution < 1.29 is 17.9 Å². The molecule has 2 aromatic rings. The van der Waals surface area contributed by atoms with Gasteiger partial charge < -0.3 is 10.1 Å². The minimum atomic E-state index is -3.60. The number of sulfone groups is 1. The molecule has 1 amide bonds. The third kappa shape index (κ3) is 6.35. The number of amides is 1. The Balaban J connectivity index is 1.45. The van der Waals surface area contributed by atoms with Crippen molar-refractivity contribution in [1.29, 1.82) is 5.26 Å². The summed E-state index contributed by atoms with van der Waals surface area (Å²) in [7, 11) is -3.60. The molecule has 1 aromatic carbocycles. The van der Waals surface area contributed by atoms with Crippen LogP contribution in [0.2, 0.25) is 0 Å². The van der Waals surface area contributed by atoms with Crippen molar-refractivity contribution in [3.8, 4) is 11.9 Å². The quantitative estimate of drug-likeness (QED) is 0.690. The molecule has 0 spiro atoms. The fraction of sp³-hybridized carbons (Fsp3) is 0.350. The van der Waals surface area contributed by atoms with Gasteiger partial charge in [0.15, 0.2) is 9.84 Å². The predicted octanol–water partition coefficient (Wildman–Crippen LogP) is 1.97. The number of hydrogen-bond acceptors (Lipinski definition) is 6. The molecule has 0 bridgehead atoms. The molecule has 0 atom stereocenters. The van der Waals surface area contributed by atoms with E-state index in [1.165, 1.54) is 12.8 Å². The van der Waals surface area contributed by atoms with E-state index in [4.69, 9.17) is 10.00 Å². The Bertz CT molecular complexity index is 960. The third-order valence-electron chi connectivity index (χ3n) is 4.27. The second-order valence-corrected chi connectivity index (χ2v) is 8.94. The summed E-state index contributed by atoms with van der Waals surface area (Å²) in [5.41, 5.74) is 1.76. The maximum Gasteiger partial charge on any atom is 0.235 e. The van der Waals surface area contributed by atoms with Crippen LogP contribution in [0.15, 0.2) is 42.6 Å². The largest absolute Gasteiger partial charge is 0.477 e. The summed E-state index contributed by atoms with van der Waals surface area (Å²) in [6, 6.07) is 11.8. The summed E-state index contributed by atoms with van der Waals surface area (Å²) in [6.45, 7) is 0.876. The Labute approximate surface area is 164 Å². The van der Waals surface area contributed by atoms with E-state index in [1.54, 1.807) is 42.6 Å². The summed E-state index contributed by atoms with van der Waals surface area (Å²) in [5.74, 6) is -0.217. The number of nitrogens with one attached hydrogen (secondary N) is 1. The van der Waals surface area contributed by atoms with Crippen molar-refractivity contribution in [2.45, 2.75) is 25.1 Å². The van der Waals surface area contributed by atoms with Gasteiger partial charge in [-0.3, -0.25) is 4.79 Å². The van der Waals surface area contributed by atoms with Crippen molar-refractivity contribution in [3.63, 3.8) is 0 Å². The standard InChI is InChI=1S/C20H21N3O4S/c21-9-15-1-5-17(6-2-15)13-28(25,26)14-19(24)22-10-18-7-8-20(23-11-18)27-12-16-3-4-16/h1-2,5-8,11,16H,3-4,10,12-14H2,(H,22,24). The number of ether oxygens (including phenoxy) is 1. The second kappa shape index (κ2) is 8.85. The van der Waals surface area contributed by atoms with Crippen molar-refractivity contribution in [2.24, 2.45) is 5.92 Å². The second-order valence-electron chi connectivity index (χ2n) is 6.88. The van der Waals surface area contributed by atoms with Crippen LogP contribution in [0.4, 0.5) is 0 Å². The van der Waals surface area contributed by atoms with E-state index in [9.17, 15) is 13.2 Å². The molecular weight excluding hydrogens is 378 g/mol. The number of rotatable bonds is 9. The Kier molecular flexibility index (Phi) is 6.26. The molecule has 1 heterocycles. The van der Waals surface area contributed by atoms with Crippen LogP contribution in [0.25, 0.3) is 0 Å². The van der Waals surface area contributed by atoms with Crippen LogP contribution in [0.1, 0.15) is 29.5 Å². The average molecular weight is 399 g/mol. The molecule has 7 nitrogen and oxygen atoms in total. The van der Waals surface area contributed by atoms with E-state index in [-0.39, 0.29) is 12.3 Å². The number of aromatic nitrogens is 1. The van der Waals surface area contributed by atoms with E-state index in [2.05, 4.69) is 10.3 Å². The molecule has 1 fully saturated rings. The monoisotopic (exact) mass is 399 g/mol. The molecule has 0 unspecified atom stereocenters. The minimum absolute atomic E-state index is 0.196. The van der Waals surface area contributed by atoms with Crippen LogP contribution in [0, 0.1) is 17.2 Å². The van der Waals surface area contributed by atoms with Gasteiger partial charge in [-0.25, -0.2) is 13.4 Å². The van der Waals surface area contributed by atoms with Crippen LogP contribution in [0.3, 0.4) is 0 Å². The molecule has 1 aromatic heterocycles. The van der Waals surface area contributed by atoms with Crippen molar-refractivity contribution in [3.05, 3.63) is 59.3 Å². The number of hydrogen-bond donors (Lipinski definition) is 1. The smallest absolute Gasteiger partial charge is 0.235 e. The fourth-order valence-electron chi connectivity index (χ4n) is 2.52. The summed E-state index contributed by atoms with van der Waals surface area (Å²) in [4.78, 5) is 16.2. The zero-order valence-electron chi connectivity index (χ0n) is 15.3. The van der Waals surface area contributed by atoms with Gasteiger partial charge in [-0.15, -0.1) is 0 Å². The summed E-state index contributed by atoms with van der Waals surface area (Å²) >= 11 is 0. The Morgan fingerprint density at radius 2 is 1.89 bits per heavy atom. The predicted molar refractivity (Wildman–Crippen MR) is 103 cm³/mol. The highest BCUT2D eigenvalue weighted by Gasteiger charge is 2.22. The third-order valence-corrected chi connectivity index (χ3v) is 5.75. The van der Waals surface area contributed by atoms with Gasteiger partial charge in [0.25, 0.3) is 0 Å². The first-order valence-electron chi connectivity index (χ1n) is 8.97.